The third-order valence-electron chi connectivity index (χ3n) is 2.65. The molecule has 0 saturated carbocycles. The summed E-state index contributed by atoms with van der Waals surface area (Å²) in [5.41, 5.74) is 0.592. The first-order chi connectivity index (χ1) is 8.90. The maximum absolute atomic E-state index is 12.5. The number of hydrogen-bond donors (Lipinski definition) is 0. The zero-order valence-electron chi connectivity index (χ0n) is 10.5. The zero-order valence-corrected chi connectivity index (χ0v) is 12.9. The third kappa shape index (κ3) is 4.72. The lowest BCUT2D eigenvalue weighted by Gasteiger charge is -2.23. The molecule has 0 amide bonds. The molecule has 0 heterocycles. The Morgan fingerprint density at radius 3 is 2.26 bits per heavy atom. The van der Waals surface area contributed by atoms with Crippen LogP contribution in [0.15, 0.2) is 29.2 Å². The van der Waals surface area contributed by atoms with E-state index in [1.165, 1.54) is 17.0 Å². The van der Waals surface area contributed by atoms with E-state index in [4.69, 9.17) is 0 Å². The highest BCUT2D eigenvalue weighted by atomic mass is 79.9. The fourth-order valence-corrected chi connectivity index (χ4v) is 2.94. The summed E-state index contributed by atoms with van der Waals surface area (Å²) >= 11 is 3.21. The van der Waals surface area contributed by atoms with Gasteiger partial charge in [0, 0.05) is 17.6 Å². The molecule has 0 bridgehead atoms. The minimum Gasteiger partial charge on any atom is -0.365 e. The van der Waals surface area contributed by atoms with Crippen molar-refractivity contribution in [1.29, 1.82) is 0 Å². The third-order valence-corrected chi connectivity index (χ3v) is 4.76. The molecule has 1 rings (SSSR count). The first-order valence-corrected chi connectivity index (χ1v) is 8.60. The van der Waals surface area contributed by atoms with E-state index < -0.39 is 16.3 Å². The van der Waals surface area contributed by atoms with Crippen LogP contribution < -0.4 is 4.90 Å². The second kappa shape index (κ2) is 7.19. The van der Waals surface area contributed by atoms with Crippen LogP contribution >= 0.6 is 15.9 Å². The fraction of sp³-hybridized carbons (Fsp3) is 0.500. The minimum absolute atomic E-state index is 0.0223. The molecule has 0 radical (unpaired) electrons. The van der Waals surface area contributed by atoms with Crippen molar-refractivity contribution < 1.29 is 17.2 Å². The molecule has 7 heteroatoms. The number of anilines is 1. The van der Waals surface area contributed by atoms with Gasteiger partial charge in [0.1, 0.15) is 0 Å². The molecule has 0 aromatic heterocycles. The predicted octanol–water partition coefficient (Wildman–Crippen LogP) is 2.95. The van der Waals surface area contributed by atoms with Gasteiger partial charge in [-0.1, -0.05) is 22.9 Å². The number of alkyl halides is 3. The van der Waals surface area contributed by atoms with Crippen molar-refractivity contribution in [2.75, 3.05) is 29.1 Å². The SMILES string of the molecule is CCS(=O)(=O)c1ccc(N(CCBr)CC(F)F)cc1. The van der Waals surface area contributed by atoms with Crippen LogP contribution in [-0.2, 0) is 9.84 Å². The number of nitrogens with zero attached hydrogens (tertiary/aromatic N) is 1. The Balaban J connectivity index is 2.95. The quantitative estimate of drug-likeness (QED) is 0.705. The lowest BCUT2D eigenvalue weighted by Crippen LogP contribution is -2.30. The Bertz CT molecular complexity index is 491. The Labute approximate surface area is 120 Å². The lowest BCUT2D eigenvalue weighted by atomic mass is 10.3. The van der Waals surface area contributed by atoms with E-state index in [0.717, 1.165) is 0 Å². The first kappa shape index (κ1) is 16.4. The molecular formula is C12H16BrF2NO2S. The molecule has 19 heavy (non-hydrogen) atoms. The van der Waals surface area contributed by atoms with Crippen LogP contribution in [0.25, 0.3) is 0 Å². The number of sulfone groups is 1. The van der Waals surface area contributed by atoms with Gasteiger partial charge in [-0.15, -0.1) is 0 Å². The summed E-state index contributed by atoms with van der Waals surface area (Å²) < 4.78 is 48.2. The van der Waals surface area contributed by atoms with Gasteiger partial charge in [0.2, 0.25) is 0 Å². The maximum Gasteiger partial charge on any atom is 0.255 e. The van der Waals surface area contributed by atoms with Gasteiger partial charge in [-0.05, 0) is 24.3 Å². The van der Waals surface area contributed by atoms with Crippen LogP contribution in [0.2, 0.25) is 0 Å². The van der Waals surface area contributed by atoms with E-state index in [2.05, 4.69) is 15.9 Å². The Kier molecular flexibility index (Phi) is 6.19. The largest absolute Gasteiger partial charge is 0.365 e. The standard InChI is InChI=1S/C12H16BrF2NO2S/c1-2-19(17,18)11-5-3-10(4-6-11)16(8-7-13)9-12(14)15/h3-6,12H,2,7-9H2,1H3. The van der Waals surface area contributed by atoms with Crippen LogP contribution in [0.4, 0.5) is 14.5 Å². The highest BCUT2D eigenvalue weighted by Gasteiger charge is 2.15. The van der Waals surface area contributed by atoms with Crippen molar-refractivity contribution in [2.45, 2.75) is 18.2 Å². The van der Waals surface area contributed by atoms with Gasteiger partial charge in [-0.2, -0.15) is 0 Å². The van der Waals surface area contributed by atoms with Crippen molar-refractivity contribution in [3.63, 3.8) is 0 Å². The number of rotatable bonds is 7. The average Bonchev–Trinajstić information content (AvgIpc) is 2.38. The smallest absolute Gasteiger partial charge is 0.255 e. The van der Waals surface area contributed by atoms with Crippen molar-refractivity contribution >= 4 is 31.5 Å². The van der Waals surface area contributed by atoms with Gasteiger partial charge in [0.15, 0.2) is 9.84 Å². The summed E-state index contributed by atoms with van der Waals surface area (Å²) in [5.74, 6) is 0.0223. The van der Waals surface area contributed by atoms with Crippen LogP contribution in [0.1, 0.15) is 6.92 Å². The van der Waals surface area contributed by atoms with E-state index >= 15 is 0 Å². The van der Waals surface area contributed by atoms with Crippen molar-refractivity contribution in [2.24, 2.45) is 0 Å². The molecule has 0 fully saturated rings. The second-order valence-corrected chi connectivity index (χ2v) is 6.99. The molecule has 1 aromatic carbocycles. The molecule has 1 aromatic rings. The van der Waals surface area contributed by atoms with Crippen molar-refractivity contribution in [1.82, 2.24) is 0 Å². The second-order valence-electron chi connectivity index (χ2n) is 3.92. The molecule has 0 aliphatic heterocycles. The van der Waals surface area contributed by atoms with Crippen LogP contribution in [-0.4, -0.2) is 39.0 Å². The predicted molar refractivity (Wildman–Crippen MR) is 76.2 cm³/mol. The molecule has 0 spiro atoms. The van der Waals surface area contributed by atoms with Gasteiger partial charge in [-0.3, -0.25) is 0 Å². The van der Waals surface area contributed by atoms with Gasteiger partial charge in [0.25, 0.3) is 6.43 Å². The van der Waals surface area contributed by atoms with E-state index in [9.17, 15) is 17.2 Å². The Morgan fingerprint density at radius 1 is 1.26 bits per heavy atom. The van der Waals surface area contributed by atoms with E-state index in [-0.39, 0.29) is 17.2 Å². The van der Waals surface area contributed by atoms with Gasteiger partial charge in [0.05, 0.1) is 17.2 Å². The molecule has 0 atom stereocenters. The molecule has 0 N–H and O–H groups in total. The molecule has 3 nitrogen and oxygen atoms in total. The van der Waals surface area contributed by atoms with E-state index in [1.54, 1.807) is 19.1 Å². The summed E-state index contributed by atoms with van der Waals surface area (Å²) in [6.45, 7) is 1.63. The zero-order chi connectivity index (χ0) is 14.5. The summed E-state index contributed by atoms with van der Waals surface area (Å²) in [6.07, 6.45) is -2.43. The van der Waals surface area contributed by atoms with E-state index in [0.29, 0.717) is 17.6 Å². The first-order valence-electron chi connectivity index (χ1n) is 5.82. The summed E-state index contributed by atoms with van der Waals surface area (Å²) in [4.78, 5) is 1.73. The van der Waals surface area contributed by atoms with E-state index in [1.807, 2.05) is 0 Å². The van der Waals surface area contributed by atoms with Crippen LogP contribution in [0, 0.1) is 0 Å². The van der Waals surface area contributed by atoms with Crippen LogP contribution in [0.3, 0.4) is 0 Å². The van der Waals surface area contributed by atoms with Gasteiger partial charge >= 0.3 is 0 Å². The molecule has 0 aliphatic rings. The molecule has 0 aliphatic carbocycles. The van der Waals surface area contributed by atoms with Crippen molar-refractivity contribution in [3.05, 3.63) is 24.3 Å². The molecule has 0 saturated heterocycles. The summed E-state index contributed by atoms with van der Waals surface area (Å²) in [7, 11) is -3.25. The highest BCUT2D eigenvalue weighted by Crippen LogP contribution is 2.20. The number of benzene rings is 1. The molecule has 0 unspecified atom stereocenters. The molecular weight excluding hydrogens is 340 g/mol. The lowest BCUT2D eigenvalue weighted by molar-refractivity contribution is 0.155. The summed E-state index contributed by atoms with van der Waals surface area (Å²) in [6, 6.07) is 6.04. The molecule has 108 valence electrons. The topological polar surface area (TPSA) is 37.4 Å². The van der Waals surface area contributed by atoms with Crippen LogP contribution in [0.5, 0.6) is 0 Å². The normalized spacial score (nSPS) is 11.8. The van der Waals surface area contributed by atoms with Gasteiger partial charge in [-0.25, -0.2) is 17.2 Å². The Hall–Kier alpha value is -0.690. The fourth-order valence-electron chi connectivity index (χ4n) is 1.63. The monoisotopic (exact) mass is 355 g/mol. The Morgan fingerprint density at radius 2 is 1.84 bits per heavy atom. The van der Waals surface area contributed by atoms with Gasteiger partial charge < -0.3 is 4.90 Å². The van der Waals surface area contributed by atoms with Crippen molar-refractivity contribution in [3.8, 4) is 0 Å². The number of halogens is 3. The summed E-state index contributed by atoms with van der Waals surface area (Å²) in [5, 5.41) is 0.564. The maximum atomic E-state index is 12.5. The number of hydrogen-bond acceptors (Lipinski definition) is 3. The average molecular weight is 356 g/mol. The highest BCUT2D eigenvalue weighted by molar-refractivity contribution is 9.09. The minimum atomic E-state index is -3.25.